The highest BCUT2D eigenvalue weighted by atomic mass is 35.5. The van der Waals surface area contributed by atoms with Crippen LogP contribution in [0.2, 0.25) is 10.0 Å². The van der Waals surface area contributed by atoms with Gasteiger partial charge in [0, 0.05) is 23.4 Å². The Kier molecular flexibility index (Phi) is 4.92. The maximum atomic E-state index is 12.7. The van der Waals surface area contributed by atoms with Gasteiger partial charge in [0.2, 0.25) is 0 Å². The molecule has 132 valence electrons. The van der Waals surface area contributed by atoms with Gasteiger partial charge in [-0.2, -0.15) is 0 Å². The van der Waals surface area contributed by atoms with Crippen LogP contribution in [-0.2, 0) is 0 Å². The predicted molar refractivity (Wildman–Crippen MR) is 97.7 cm³/mol. The van der Waals surface area contributed by atoms with Crippen molar-refractivity contribution in [1.82, 2.24) is 5.16 Å². The summed E-state index contributed by atoms with van der Waals surface area (Å²) in [6.45, 7) is 1.57. The van der Waals surface area contributed by atoms with Crippen molar-refractivity contribution in [2.45, 2.75) is 6.92 Å². The van der Waals surface area contributed by atoms with E-state index in [1.165, 1.54) is 24.3 Å². The molecule has 0 saturated heterocycles. The molecule has 0 saturated carbocycles. The number of nitrogens with zero attached hydrogens (tertiary/aromatic N) is 2. The number of hydrogen-bond acceptors (Lipinski definition) is 5. The molecular weight excluding hydrogens is 381 g/mol. The van der Waals surface area contributed by atoms with Crippen LogP contribution < -0.4 is 5.32 Å². The first-order valence-electron chi connectivity index (χ1n) is 7.35. The molecule has 0 aliphatic rings. The molecule has 9 heteroatoms. The van der Waals surface area contributed by atoms with Crippen molar-refractivity contribution < 1.29 is 14.2 Å². The Morgan fingerprint density at radius 2 is 1.85 bits per heavy atom. The van der Waals surface area contributed by atoms with E-state index in [1.54, 1.807) is 25.1 Å². The second kappa shape index (κ2) is 7.15. The Labute approximate surface area is 157 Å². The van der Waals surface area contributed by atoms with E-state index >= 15 is 0 Å². The number of amides is 1. The Bertz CT molecular complexity index is 997. The van der Waals surface area contributed by atoms with Crippen LogP contribution in [0, 0.1) is 17.0 Å². The molecular formula is C17H11Cl2N3O4. The van der Waals surface area contributed by atoms with Gasteiger partial charge in [-0.15, -0.1) is 0 Å². The minimum atomic E-state index is -0.546. The summed E-state index contributed by atoms with van der Waals surface area (Å²) in [7, 11) is 0. The Morgan fingerprint density at radius 1 is 1.19 bits per heavy atom. The lowest BCUT2D eigenvalue weighted by Gasteiger charge is -2.08. The molecule has 0 spiro atoms. The molecule has 3 aromatic rings. The number of rotatable bonds is 4. The molecule has 0 unspecified atom stereocenters. The highest BCUT2D eigenvalue weighted by molar-refractivity contribution is 6.39. The fraction of sp³-hybridized carbons (Fsp3) is 0.0588. The van der Waals surface area contributed by atoms with Crippen LogP contribution in [0.1, 0.15) is 16.1 Å². The zero-order chi connectivity index (χ0) is 18.8. The van der Waals surface area contributed by atoms with Crippen molar-refractivity contribution in [1.29, 1.82) is 0 Å². The molecule has 1 aromatic heterocycles. The van der Waals surface area contributed by atoms with Gasteiger partial charge in [-0.25, -0.2) is 0 Å². The minimum absolute atomic E-state index is 0.140. The predicted octanol–water partition coefficient (Wildman–Crippen LogP) is 5.12. The molecule has 1 heterocycles. The summed E-state index contributed by atoms with van der Waals surface area (Å²) in [6.07, 6.45) is 0. The van der Waals surface area contributed by atoms with Crippen molar-refractivity contribution in [3.05, 3.63) is 73.9 Å². The number of anilines is 1. The second-order valence-electron chi connectivity index (χ2n) is 5.32. The zero-order valence-electron chi connectivity index (χ0n) is 13.3. The number of non-ortho nitro benzene ring substituents is 1. The standard InChI is InChI=1S/C17H11Cl2N3O4/c1-9-14(16(21-26-9)15-12(18)6-3-7-13(15)19)17(23)20-10-4-2-5-11(8-10)22(24)25/h2-8H,1H3,(H,20,23). The van der Waals surface area contributed by atoms with Gasteiger partial charge in [-0.05, 0) is 25.1 Å². The minimum Gasteiger partial charge on any atom is -0.360 e. The summed E-state index contributed by atoms with van der Waals surface area (Å²) in [5.74, 6) is -0.283. The van der Waals surface area contributed by atoms with Crippen LogP contribution >= 0.6 is 23.2 Å². The SMILES string of the molecule is Cc1onc(-c2c(Cl)cccc2Cl)c1C(=O)Nc1cccc([N+](=O)[O-])c1. The number of nitrogens with one attached hydrogen (secondary N) is 1. The number of halogens is 2. The number of nitro benzene ring substituents is 1. The smallest absolute Gasteiger partial charge is 0.271 e. The van der Waals surface area contributed by atoms with Crippen LogP contribution in [0.4, 0.5) is 11.4 Å². The second-order valence-corrected chi connectivity index (χ2v) is 6.13. The van der Waals surface area contributed by atoms with Crippen LogP contribution in [-0.4, -0.2) is 16.0 Å². The number of benzene rings is 2. The third kappa shape index (κ3) is 3.40. The van der Waals surface area contributed by atoms with E-state index in [0.29, 0.717) is 15.6 Å². The number of aryl methyl sites for hydroxylation is 1. The highest BCUT2D eigenvalue weighted by Gasteiger charge is 2.25. The van der Waals surface area contributed by atoms with E-state index in [4.69, 9.17) is 27.7 Å². The molecule has 7 nitrogen and oxygen atoms in total. The van der Waals surface area contributed by atoms with Crippen molar-refractivity contribution >= 4 is 40.5 Å². The van der Waals surface area contributed by atoms with Gasteiger partial charge in [0.25, 0.3) is 11.6 Å². The Balaban J connectivity index is 2.00. The van der Waals surface area contributed by atoms with Crippen LogP contribution in [0.5, 0.6) is 0 Å². The summed E-state index contributed by atoms with van der Waals surface area (Å²) in [5.41, 5.74) is 0.838. The molecule has 3 rings (SSSR count). The van der Waals surface area contributed by atoms with Gasteiger partial charge in [0.05, 0.1) is 15.0 Å². The van der Waals surface area contributed by atoms with Crippen LogP contribution in [0.15, 0.2) is 47.0 Å². The molecule has 0 atom stereocenters. The Hall–Kier alpha value is -2.90. The first-order chi connectivity index (χ1) is 12.4. The molecule has 0 fully saturated rings. The van der Waals surface area contributed by atoms with E-state index < -0.39 is 10.8 Å². The van der Waals surface area contributed by atoms with Crippen LogP contribution in [0.25, 0.3) is 11.3 Å². The van der Waals surface area contributed by atoms with E-state index in [-0.39, 0.29) is 28.4 Å². The molecule has 0 aliphatic carbocycles. The maximum absolute atomic E-state index is 12.7. The van der Waals surface area contributed by atoms with Gasteiger partial charge in [0.1, 0.15) is 17.0 Å². The molecule has 2 aromatic carbocycles. The van der Waals surface area contributed by atoms with Crippen molar-refractivity contribution in [3.8, 4) is 11.3 Å². The van der Waals surface area contributed by atoms with Crippen LogP contribution in [0.3, 0.4) is 0 Å². The van der Waals surface area contributed by atoms with E-state index in [2.05, 4.69) is 10.5 Å². The zero-order valence-corrected chi connectivity index (χ0v) is 14.8. The quantitative estimate of drug-likeness (QED) is 0.491. The lowest BCUT2D eigenvalue weighted by Crippen LogP contribution is -2.13. The molecule has 1 N–H and O–H groups in total. The van der Waals surface area contributed by atoms with E-state index in [0.717, 1.165) is 0 Å². The number of nitro groups is 1. The number of carbonyl (C=O) groups excluding carboxylic acids is 1. The van der Waals surface area contributed by atoms with Gasteiger partial charge in [-0.3, -0.25) is 14.9 Å². The molecule has 1 amide bonds. The van der Waals surface area contributed by atoms with Gasteiger partial charge >= 0.3 is 0 Å². The summed E-state index contributed by atoms with van der Waals surface area (Å²) in [6, 6.07) is 10.5. The third-order valence-corrected chi connectivity index (χ3v) is 4.23. The lowest BCUT2D eigenvalue weighted by atomic mass is 10.1. The molecule has 0 bridgehead atoms. The van der Waals surface area contributed by atoms with E-state index in [1.807, 2.05) is 0 Å². The van der Waals surface area contributed by atoms with E-state index in [9.17, 15) is 14.9 Å². The summed E-state index contributed by atoms with van der Waals surface area (Å²) in [5, 5.41) is 18.0. The van der Waals surface area contributed by atoms with Gasteiger partial charge in [-0.1, -0.05) is 40.5 Å². The fourth-order valence-corrected chi connectivity index (χ4v) is 3.00. The number of carbonyl (C=O) groups is 1. The molecule has 0 radical (unpaired) electrons. The summed E-state index contributed by atoms with van der Waals surface area (Å²) in [4.78, 5) is 23.1. The highest BCUT2D eigenvalue weighted by Crippen LogP contribution is 2.37. The van der Waals surface area contributed by atoms with Gasteiger partial charge in [0.15, 0.2) is 0 Å². The summed E-state index contributed by atoms with van der Waals surface area (Å²) < 4.78 is 5.14. The lowest BCUT2D eigenvalue weighted by molar-refractivity contribution is -0.384. The number of hydrogen-bond donors (Lipinski definition) is 1. The summed E-state index contributed by atoms with van der Waals surface area (Å²) >= 11 is 12.4. The first-order valence-corrected chi connectivity index (χ1v) is 8.10. The average Bonchev–Trinajstić information content (AvgIpc) is 2.96. The van der Waals surface area contributed by atoms with Crippen molar-refractivity contribution in [3.63, 3.8) is 0 Å². The van der Waals surface area contributed by atoms with Gasteiger partial charge < -0.3 is 9.84 Å². The molecule has 0 aliphatic heterocycles. The maximum Gasteiger partial charge on any atom is 0.271 e. The fourth-order valence-electron chi connectivity index (χ4n) is 2.43. The monoisotopic (exact) mass is 391 g/mol. The van der Waals surface area contributed by atoms with Crippen molar-refractivity contribution in [2.75, 3.05) is 5.32 Å². The topological polar surface area (TPSA) is 98.3 Å². The average molecular weight is 392 g/mol. The normalized spacial score (nSPS) is 10.6. The largest absolute Gasteiger partial charge is 0.360 e. The first kappa shape index (κ1) is 17.9. The number of aromatic nitrogens is 1. The molecule has 26 heavy (non-hydrogen) atoms. The Morgan fingerprint density at radius 3 is 2.50 bits per heavy atom. The van der Waals surface area contributed by atoms with Crippen molar-refractivity contribution in [2.24, 2.45) is 0 Å². The third-order valence-electron chi connectivity index (χ3n) is 3.60.